The molecule has 0 fully saturated rings. The summed E-state index contributed by atoms with van der Waals surface area (Å²) in [7, 11) is 3.30. The molecule has 0 unspecified atom stereocenters. The van der Waals surface area contributed by atoms with Crippen LogP contribution in [0, 0.1) is 13.8 Å². The topological polar surface area (TPSA) is 67.2 Å². The second kappa shape index (κ2) is 5.87. The molecule has 0 amide bonds. The van der Waals surface area contributed by atoms with Crippen LogP contribution >= 0.6 is 0 Å². The van der Waals surface area contributed by atoms with Crippen LogP contribution in [0.1, 0.15) is 11.4 Å². The zero-order chi connectivity index (χ0) is 16.6. The van der Waals surface area contributed by atoms with Crippen molar-refractivity contribution < 1.29 is 9.47 Å². The van der Waals surface area contributed by atoms with Crippen LogP contribution in [0.15, 0.2) is 24.4 Å². The summed E-state index contributed by atoms with van der Waals surface area (Å²) in [6.45, 7) is 5.50. The molecule has 3 aromatic rings. The minimum absolute atomic E-state index is 0.732. The van der Waals surface area contributed by atoms with Gasteiger partial charge < -0.3 is 19.8 Å². The second-order valence-corrected chi connectivity index (χ2v) is 5.58. The number of fused-ring (bicyclic) bond motifs is 1. The van der Waals surface area contributed by atoms with E-state index in [1.165, 1.54) is 0 Å². The number of nitrogens with two attached hydrogens (primary N) is 1. The molecule has 3 rings (SSSR count). The van der Waals surface area contributed by atoms with E-state index >= 15 is 0 Å². The van der Waals surface area contributed by atoms with Crippen molar-refractivity contribution in [2.24, 2.45) is 0 Å². The fourth-order valence-corrected chi connectivity index (χ4v) is 2.84. The molecule has 2 N–H and O–H groups in total. The molecule has 2 aromatic heterocycles. The second-order valence-electron chi connectivity index (χ2n) is 5.58. The standard InChI is InChI=1S/C17H22N4O2/c1-11-17(18)12(2)21(19-11)8-7-20-6-5-13-9-15(22-3)16(23-4)10-14(13)20/h5-6,9-10H,7-8,18H2,1-4H3. The zero-order valence-corrected chi connectivity index (χ0v) is 14.0. The van der Waals surface area contributed by atoms with E-state index in [0.29, 0.717) is 0 Å². The van der Waals surface area contributed by atoms with Gasteiger partial charge in [0.2, 0.25) is 0 Å². The molecule has 0 bridgehead atoms. The molecular formula is C17H22N4O2. The molecule has 0 aliphatic heterocycles. The molecule has 0 aliphatic carbocycles. The van der Waals surface area contributed by atoms with Crippen molar-refractivity contribution in [3.05, 3.63) is 35.8 Å². The highest BCUT2D eigenvalue weighted by Gasteiger charge is 2.11. The molecule has 6 nitrogen and oxygen atoms in total. The first-order valence-electron chi connectivity index (χ1n) is 7.55. The quantitative estimate of drug-likeness (QED) is 0.786. The van der Waals surface area contributed by atoms with Crippen LogP contribution in [0.3, 0.4) is 0 Å². The molecule has 0 saturated heterocycles. The highest BCUT2D eigenvalue weighted by molar-refractivity contribution is 5.84. The smallest absolute Gasteiger partial charge is 0.162 e. The van der Waals surface area contributed by atoms with Gasteiger partial charge >= 0.3 is 0 Å². The molecule has 23 heavy (non-hydrogen) atoms. The number of anilines is 1. The Morgan fingerprint density at radius 1 is 1.09 bits per heavy atom. The first-order valence-corrected chi connectivity index (χ1v) is 7.55. The number of methoxy groups -OCH3 is 2. The van der Waals surface area contributed by atoms with Crippen LogP contribution in [-0.4, -0.2) is 28.6 Å². The number of ether oxygens (including phenoxy) is 2. The fraction of sp³-hybridized carbons (Fsp3) is 0.353. The number of rotatable bonds is 5. The number of aryl methyl sites for hydroxylation is 3. The number of hydrogen-bond acceptors (Lipinski definition) is 4. The first-order chi connectivity index (χ1) is 11.0. The summed E-state index contributed by atoms with van der Waals surface area (Å²) in [6, 6.07) is 6.07. The van der Waals surface area contributed by atoms with Gasteiger partial charge in [0.15, 0.2) is 11.5 Å². The molecule has 0 spiro atoms. The largest absolute Gasteiger partial charge is 0.493 e. The average Bonchev–Trinajstić information content (AvgIpc) is 3.07. The Morgan fingerprint density at radius 2 is 1.78 bits per heavy atom. The van der Waals surface area contributed by atoms with Gasteiger partial charge in [0.1, 0.15) is 0 Å². The zero-order valence-electron chi connectivity index (χ0n) is 14.0. The van der Waals surface area contributed by atoms with Crippen molar-refractivity contribution in [2.45, 2.75) is 26.9 Å². The summed E-state index contributed by atoms with van der Waals surface area (Å²) >= 11 is 0. The first kappa shape index (κ1) is 15.3. The lowest BCUT2D eigenvalue weighted by Crippen LogP contribution is -2.09. The maximum absolute atomic E-state index is 5.99. The van der Waals surface area contributed by atoms with Gasteiger partial charge in [0.05, 0.1) is 43.4 Å². The highest BCUT2D eigenvalue weighted by Crippen LogP contribution is 2.32. The normalized spacial score (nSPS) is 11.1. The lowest BCUT2D eigenvalue weighted by atomic mass is 10.2. The van der Waals surface area contributed by atoms with E-state index in [1.54, 1.807) is 14.2 Å². The number of aromatic nitrogens is 3. The Labute approximate surface area is 135 Å². The summed E-state index contributed by atoms with van der Waals surface area (Å²) < 4.78 is 14.9. The predicted molar refractivity (Wildman–Crippen MR) is 91.2 cm³/mol. The van der Waals surface area contributed by atoms with E-state index < -0.39 is 0 Å². The van der Waals surface area contributed by atoms with Gasteiger partial charge in [-0.1, -0.05) is 0 Å². The predicted octanol–water partition coefficient (Wildman–Crippen LogP) is 2.75. The van der Waals surface area contributed by atoms with E-state index in [0.717, 1.165) is 52.6 Å². The molecular weight excluding hydrogens is 292 g/mol. The molecule has 0 atom stereocenters. The third kappa shape index (κ3) is 2.60. The molecule has 1 aromatic carbocycles. The van der Waals surface area contributed by atoms with Gasteiger partial charge in [0.25, 0.3) is 0 Å². The Morgan fingerprint density at radius 3 is 2.39 bits per heavy atom. The van der Waals surface area contributed by atoms with Crippen molar-refractivity contribution in [1.29, 1.82) is 0 Å². The molecule has 0 aliphatic rings. The van der Waals surface area contributed by atoms with Gasteiger partial charge in [-0.2, -0.15) is 5.10 Å². The molecule has 2 heterocycles. The van der Waals surface area contributed by atoms with Gasteiger partial charge in [-0.25, -0.2) is 0 Å². The number of nitrogens with zero attached hydrogens (tertiary/aromatic N) is 3. The monoisotopic (exact) mass is 314 g/mol. The summed E-state index contributed by atoms with van der Waals surface area (Å²) in [4.78, 5) is 0. The van der Waals surface area contributed by atoms with E-state index in [-0.39, 0.29) is 0 Å². The molecule has 6 heteroatoms. The molecule has 0 radical (unpaired) electrons. The van der Waals surface area contributed by atoms with Crippen LogP contribution in [0.4, 0.5) is 5.69 Å². The van der Waals surface area contributed by atoms with Crippen molar-refractivity contribution in [3.63, 3.8) is 0 Å². The Hall–Kier alpha value is -2.63. The van der Waals surface area contributed by atoms with E-state index in [4.69, 9.17) is 15.2 Å². The Kier molecular flexibility index (Phi) is 3.90. The van der Waals surface area contributed by atoms with Crippen LogP contribution in [-0.2, 0) is 13.1 Å². The summed E-state index contributed by atoms with van der Waals surface area (Å²) in [6.07, 6.45) is 2.07. The van der Waals surface area contributed by atoms with Crippen molar-refractivity contribution >= 4 is 16.6 Å². The van der Waals surface area contributed by atoms with Crippen LogP contribution in [0.2, 0.25) is 0 Å². The maximum atomic E-state index is 5.99. The summed E-state index contributed by atoms with van der Waals surface area (Å²) in [5.74, 6) is 1.47. The number of nitrogen functional groups attached to an aromatic ring is 1. The van der Waals surface area contributed by atoms with Gasteiger partial charge in [-0.3, -0.25) is 4.68 Å². The van der Waals surface area contributed by atoms with Gasteiger partial charge in [-0.05, 0) is 26.0 Å². The van der Waals surface area contributed by atoms with Gasteiger partial charge in [-0.15, -0.1) is 0 Å². The van der Waals surface area contributed by atoms with Crippen molar-refractivity contribution in [2.75, 3.05) is 20.0 Å². The summed E-state index contributed by atoms with van der Waals surface area (Å²) in [5, 5.41) is 5.60. The third-order valence-electron chi connectivity index (χ3n) is 4.27. The lowest BCUT2D eigenvalue weighted by molar-refractivity contribution is 0.355. The number of benzene rings is 1. The van der Waals surface area contributed by atoms with Gasteiger partial charge in [0, 0.05) is 24.2 Å². The van der Waals surface area contributed by atoms with Crippen LogP contribution in [0.5, 0.6) is 11.5 Å². The Balaban J connectivity index is 1.89. The SMILES string of the molecule is COc1cc2ccn(CCn3nc(C)c(N)c3C)c2cc1OC. The summed E-state index contributed by atoms with van der Waals surface area (Å²) in [5.41, 5.74) is 9.76. The maximum Gasteiger partial charge on any atom is 0.162 e. The van der Waals surface area contributed by atoms with Crippen LogP contribution < -0.4 is 15.2 Å². The van der Waals surface area contributed by atoms with E-state index in [2.05, 4.69) is 21.9 Å². The lowest BCUT2D eigenvalue weighted by Gasteiger charge is -2.11. The van der Waals surface area contributed by atoms with E-state index in [1.807, 2.05) is 30.7 Å². The van der Waals surface area contributed by atoms with Crippen LogP contribution in [0.25, 0.3) is 10.9 Å². The molecule has 122 valence electrons. The fourth-order valence-electron chi connectivity index (χ4n) is 2.84. The average molecular weight is 314 g/mol. The highest BCUT2D eigenvalue weighted by atomic mass is 16.5. The molecule has 0 saturated carbocycles. The van der Waals surface area contributed by atoms with Crippen molar-refractivity contribution in [3.8, 4) is 11.5 Å². The minimum Gasteiger partial charge on any atom is -0.493 e. The Bertz CT molecular complexity index is 848. The number of hydrogen-bond donors (Lipinski definition) is 1. The van der Waals surface area contributed by atoms with E-state index in [9.17, 15) is 0 Å². The third-order valence-corrected chi connectivity index (χ3v) is 4.27. The minimum atomic E-state index is 0.732. The van der Waals surface area contributed by atoms with Crippen molar-refractivity contribution in [1.82, 2.24) is 14.3 Å².